The number of rotatable bonds is 0. The first-order chi connectivity index (χ1) is 5.77. The molecule has 0 amide bonds. The van der Waals surface area contributed by atoms with Gasteiger partial charge >= 0.3 is 0 Å². The quantitative estimate of drug-likeness (QED) is 0.650. The smallest absolute Gasteiger partial charge is 0.167 e. The van der Waals surface area contributed by atoms with Crippen molar-refractivity contribution >= 4 is 34.2 Å². The normalized spacial score (nSPS) is 10.5. The largest absolute Gasteiger partial charge is 0.231 e. The highest BCUT2D eigenvalue weighted by Crippen LogP contribution is 2.19. The molecule has 4 heteroatoms. The number of hydrogen-bond acceptors (Lipinski definition) is 2. The molecule has 0 aliphatic rings. The maximum atomic E-state index is 5.67. The van der Waals surface area contributed by atoms with Gasteiger partial charge in [-0.15, -0.1) is 0 Å². The molecule has 1 heterocycles. The first-order valence-corrected chi connectivity index (χ1v) is 4.02. The fraction of sp³-hybridized carbons (Fsp3) is 0. The Morgan fingerprint density at radius 1 is 1.08 bits per heavy atom. The summed E-state index contributed by atoms with van der Waals surface area (Å²) in [6.45, 7) is 0. The number of fused-ring (bicyclic) bond motifs is 1. The lowest BCUT2D eigenvalue weighted by Gasteiger charge is -1.97. The van der Waals surface area contributed by atoms with Crippen LogP contribution in [0.2, 0.25) is 10.3 Å². The van der Waals surface area contributed by atoms with E-state index in [1.54, 1.807) is 18.2 Å². The molecule has 59 valence electrons. The van der Waals surface area contributed by atoms with E-state index in [-0.39, 0.29) is 10.3 Å². The summed E-state index contributed by atoms with van der Waals surface area (Å²) in [7, 11) is 0. The van der Waals surface area contributed by atoms with Crippen LogP contribution in [-0.2, 0) is 0 Å². The fourth-order valence-electron chi connectivity index (χ4n) is 0.901. The third-order valence-electron chi connectivity index (χ3n) is 1.43. The number of halogens is 2. The monoisotopic (exact) mass is 197 g/mol. The van der Waals surface area contributed by atoms with Crippen LogP contribution in [0.3, 0.4) is 0 Å². The van der Waals surface area contributed by atoms with Gasteiger partial charge in [0.15, 0.2) is 10.3 Å². The summed E-state index contributed by atoms with van der Waals surface area (Å²) in [6.07, 6.45) is 0. The van der Waals surface area contributed by atoms with Crippen LogP contribution >= 0.6 is 23.2 Å². The lowest BCUT2D eigenvalue weighted by Crippen LogP contribution is -1.85. The maximum Gasteiger partial charge on any atom is 0.167 e. The standard InChI is InChI=1S/C8H3Cl2N2/c9-7-8(10)12-6-4-2-1-3-5(6)11-7/h1,3-4H. The van der Waals surface area contributed by atoms with Crippen molar-refractivity contribution in [1.82, 2.24) is 9.97 Å². The second kappa shape index (κ2) is 2.88. The molecule has 2 nitrogen and oxygen atoms in total. The van der Waals surface area contributed by atoms with E-state index < -0.39 is 0 Å². The van der Waals surface area contributed by atoms with Gasteiger partial charge in [0, 0.05) is 0 Å². The molecule has 0 N–H and O–H groups in total. The minimum atomic E-state index is 0.226. The van der Waals surface area contributed by atoms with Gasteiger partial charge in [-0.25, -0.2) is 9.97 Å². The van der Waals surface area contributed by atoms with E-state index in [9.17, 15) is 0 Å². The third-order valence-corrected chi connectivity index (χ3v) is 2.05. The SMILES string of the molecule is Clc1nc2c[c]ccc2nc1Cl. The van der Waals surface area contributed by atoms with Crippen molar-refractivity contribution in [3.05, 3.63) is 34.6 Å². The fourth-order valence-corrected chi connectivity index (χ4v) is 1.17. The number of hydrogen-bond donors (Lipinski definition) is 0. The van der Waals surface area contributed by atoms with Gasteiger partial charge < -0.3 is 0 Å². The van der Waals surface area contributed by atoms with Crippen LogP contribution in [-0.4, -0.2) is 9.97 Å². The van der Waals surface area contributed by atoms with E-state index in [0.717, 1.165) is 5.52 Å². The molecule has 2 aromatic rings. The summed E-state index contributed by atoms with van der Waals surface area (Å²) in [4.78, 5) is 8.04. The van der Waals surface area contributed by atoms with Gasteiger partial charge in [0.05, 0.1) is 11.0 Å². The molecule has 0 unspecified atom stereocenters. The molecule has 0 saturated heterocycles. The van der Waals surface area contributed by atoms with E-state index in [0.29, 0.717) is 5.52 Å². The molecule has 12 heavy (non-hydrogen) atoms. The summed E-state index contributed by atoms with van der Waals surface area (Å²) < 4.78 is 0. The molecule has 0 fully saturated rings. The second-order valence-corrected chi connectivity index (χ2v) is 2.94. The topological polar surface area (TPSA) is 25.8 Å². The van der Waals surface area contributed by atoms with Crippen LogP contribution in [0.5, 0.6) is 0 Å². The highest BCUT2D eigenvalue weighted by molar-refractivity contribution is 6.40. The summed E-state index contributed by atoms with van der Waals surface area (Å²) in [6, 6.07) is 8.12. The average molecular weight is 198 g/mol. The predicted molar refractivity (Wildman–Crippen MR) is 48.4 cm³/mol. The van der Waals surface area contributed by atoms with E-state index >= 15 is 0 Å². The molecule has 0 aliphatic carbocycles. The van der Waals surface area contributed by atoms with Gasteiger partial charge in [-0.3, -0.25) is 0 Å². The van der Waals surface area contributed by atoms with Crippen molar-refractivity contribution in [1.29, 1.82) is 0 Å². The van der Waals surface area contributed by atoms with Crippen molar-refractivity contribution in [3.63, 3.8) is 0 Å². The zero-order valence-corrected chi connectivity index (χ0v) is 7.39. The van der Waals surface area contributed by atoms with E-state index in [2.05, 4.69) is 16.0 Å². The number of nitrogens with zero attached hydrogens (tertiary/aromatic N) is 2. The van der Waals surface area contributed by atoms with E-state index in [1.165, 1.54) is 0 Å². The summed E-state index contributed by atoms with van der Waals surface area (Å²) >= 11 is 11.3. The molecule has 1 radical (unpaired) electrons. The molecule has 0 aliphatic heterocycles. The van der Waals surface area contributed by atoms with Crippen LogP contribution in [0.1, 0.15) is 0 Å². The minimum absolute atomic E-state index is 0.226. The Balaban J connectivity index is 2.84. The lowest BCUT2D eigenvalue weighted by molar-refractivity contribution is 1.29. The summed E-state index contributed by atoms with van der Waals surface area (Å²) in [5, 5.41) is 0.458. The van der Waals surface area contributed by atoms with Crippen molar-refractivity contribution in [3.8, 4) is 0 Å². The molecule has 0 atom stereocenters. The number of benzene rings is 1. The first kappa shape index (κ1) is 7.77. The van der Waals surface area contributed by atoms with Gasteiger partial charge in [0.2, 0.25) is 0 Å². The summed E-state index contributed by atoms with van der Waals surface area (Å²) in [5.41, 5.74) is 1.43. The third kappa shape index (κ3) is 1.24. The van der Waals surface area contributed by atoms with Crippen molar-refractivity contribution in [2.24, 2.45) is 0 Å². The van der Waals surface area contributed by atoms with Gasteiger partial charge in [-0.2, -0.15) is 0 Å². The Hall–Kier alpha value is -0.860. The number of aromatic nitrogens is 2. The van der Waals surface area contributed by atoms with Crippen LogP contribution in [0.4, 0.5) is 0 Å². The molecule has 1 aromatic heterocycles. The molecule has 0 bridgehead atoms. The van der Waals surface area contributed by atoms with Crippen LogP contribution in [0, 0.1) is 6.07 Å². The maximum absolute atomic E-state index is 5.67. The van der Waals surface area contributed by atoms with Crippen LogP contribution in [0.15, 0.2) is 18.2 Å². The Bertz CT molecular complexity index is 388. The molecule has 2 rings (SSSR count). The molecular formula is C8H3Cl2N2. The summed E-state index contributed by atoms with van der Waals surface area (Å²) in [5.74, 6) is 0. The lowest BCUT2D eigenvalue weighted by atomic mass is 10.3. The highest BCUT2D eigenvalue weighted by Gasteiger charge is 2.02. The van der Waals surface area contributed by atoms with E-state index in [4.69, 9.17) is 23.2 Å². The van der Waals surface area contributed by atoms with Crippen LogP contribution in [0.25, 0.3) is 11.0 Å². The van der Waals surface area contributed by atoms with Crippen molar-refractivity contribution in [2.45, 2.75) is 0 Å². The Morgan fingerprint density at radius 2 is 1.75 bits per heavy atom. The van der Waals surface area contributed by atoms with Crippen LogP contribution < -0.4 is 0 Å². The van der Waals surface area contributed by atoms with Gasteiger partial charge in [-0.05, 0) is 18.2 Å². The molecular weight excluding hydrogens is 195 g/mol. The molecule has 0 saturated carbocycles. The van der Waals surface area contributed by atoms with Gasteiger partial charge in [-0.1, -0.05) is 29.3 Å². The zero-order chi connectivity index (χ0) is 8.55. The second-order valence-electron chi connectivity index (χ2n) is 2.22. The minimum Gasteiger partial charge on any atom is -0.231 e. The Labute approximate surface area is 79.2 Å². The van der Waals surface area contributed by atoms with Gasteiger partial charge in [0.1, 0.15) is 0 Å². The Kier molecular flexibility index (Phi) is 1.87. The van der Waals surface area contributed by atoms with Crippen molar-refractivity contribution < 1.29 is 0 Å². The zero-order valence-electron chi connectivity index (χ0n) is 5.88. The molecule has 1 aromatic carbocycles. The van der Waals surface area contributed by atoms with Gasteiger partial charge in [0.25, 0.3) is 0 Å². The average Bonchev–Trinajstić information content (AvgIpc) is 2.07. The highest BCUT2D eigenvalue weighted by atomic mass is 35.5. The van der Waals surface area contributed by atoms with E-state index in [1.807, 2.05) is 0 Å². The predicted octanol–water partition coefficient (Wildman–Crippen LogP) is 2.74. The van der Waals surface area contributed by atoms with Crippen molar-refractivity contribution in [2.75, 3.05) is 0 Å². The Morgan fingerprint density at radius 3 is 2.50 bits per heavy atom. The molecule has 0 spiro atoms. The first-order valence-electron chi connectivity index (χ1n) is 3.26.